The molecule has 0 aromatic carbocycles. The summed E-state index contributed by atoms with van der Waals surface area (Å²) in [7, 11) is 0. The minimum atomic E-state index is 0.127. The molecule has 1 unspecified atom stereocenters. The van der Waals surface area contributed by atoms with Crippen LogP contribution >= 0.6 is 0 Å². The lowest BCUT2D eigenvalue weighted by molar-refractivity contribution is 0.190. The molecule has 0 saturated heterocycles. The second-order valence-electron chi connectivity index (χ2n) is 4.60. The Labute approximate surface area is 91.1 Å². The van der Waals surface area contributed by atoms with E-state index in [1.165, 1.54) is 11.4 Å². The fourth-order valence-corrected chi connectivity index (χ4v) is 2.14. The molecule has 15 heavy (non-hydrogen) atoms. The van der Waals surface area contributed by atoms with Gasteiger partial charge in [0.2, 0.25) is 0 Å². The third kappa shape index (κ3) is 1.92. The Bertz CT molecular complexity index is 340. The van der Waals surface area contributed by atoms with Gasteiger partial charge in [-0.1, -0.05) is 0 Å². The Balaban J connectivity index is 2.22. The zero-order chi connectivity index (χ0) is 11.0. The molecule has 0 bridgehead atoms. The summed E-state index contributed by atoms with van der Waals surface area (Å²) in [6.07, 6.45) is 3.15. The molecule has 1 aliphatic rings. The van der Waals surface area contributed by atoms with Crippen LogP contribution in [0.15, 0.2) is 6.33 Å². The van der Waals surface area contributed by atoms with E-state index in [-0.39, 0.29) is 6.17 Å². The van der Waals surface area contributed by atoms with Crippen LogP contribution in [0.2, 0.25) is 0 Å². The summed E-state index contributed by atoms with van der Waals surface area (Å²) in [4.78, 5) is 6.74. The van der Waals surface area contributed by atoms with E-state index in [1.54, 1.807) is 0 Å². The largest absolute Gasteiger partial charge is 0.332 e. The van der Waals surface area contributed by atoms with E-state index < -0.39 is 0 Å². The number of nitrogens with two attached hydrogens (primary N) is 1. The number of fused-ring (bicyclic) bond motifs is 1. The predicted octanol–water partition coefficient (Wildman–Crippen LogP) is 1.13. The number of rotatable bonds is 2. The van der Waals surface area contributed by atoms with Gasteiger partial charge in [-0.25, -0.2) is 4.98 Å². The van der Waals surface area contributed by atoms with Gasteiger partial charge in [-0.05, 0) is 20.8 Å². The summed E-state index contributed by atoms with van der Waals surface area (Å²) in [6.45, 7) is 8.36. The molecule has 1 atom stereocenters. The number of imidazole rings is 1. The highest BCUT2D eigenvalue weighted by atomic mass is 15.2. The predicted molar refractivity (Wildman–Crippen MR) is 60.4 cm³/mol. The zero-order valence-corrected chi connectivity index (χ0v) is 9.77. The van der Waals surface area contributed by atoms with Crippen molar-refractivity contribution in [3.63, 3.8) is 0 Å². The van der Waals surface area contributed by atoms with E-state index in [4.69, 9.17) is 5.73 Å². The lowest BCUT2D eigenvalue weighted by Gasteiger charge is -2.30. The molecule has 84 valence electrons. The molecule has 2 rings (SSSR count). The van der Waals surface area contributed by atoms with E-state index in [2.05, 4.69) is 28.3 Å². The van der Waals surface area contributed by atoms with E-state index in [0.29, 0.717) is 6.04 Å². The molecule has 0 spiro atoms. The molecule has 2 heterocycles. The van der Waals surface area contributed by atoms with Crippen molar-refractivity contribution in [2.75, 3.05) is 6.54 Å². The topological polar surface area (TPSA) is 47.1 Å². The molecular formula is C11H20N4. The van der Waals surface area contributed by atoms with Gasteiger partial charge in [0.15, 0.2) is 0 Å². The summed E-state index contributed by atoms with van der Waals surface area (Å²) in [5, 5.41) is 0. The molecule has 1 aromatic heterocycles. The minimum Gasteiger partial charge on any atom is -0.332 e. The molecule has 0 aliphatic carbocycles. The standard InChI is InChI=1S/C11H20N4/c1-8(2)15-7-13-10-6-14(9(3)12)5-4-11(10)15/h7-9H,4-6,12H2,1-3H3. The van der Waals surface area contributed by atoms with Crippen LogP contribution < -0.4 is 5.73 Å². The highest BCUT2D eigenvalue weighted by Gasteiger charge is 2.23. The monoisotopic (exact) mass is 208 g/mol. The average Bonchev–Trinajstić information content (AvgIpc) is 2.59. The molecule has 4 heteroatoms. The lowest BCUT2D eigenvalue weighted by atomic mass is 10.1. The normalized spacial score (nSPS) is 19.3. The maximum Gasteiger partial charge on any atom is 0.0954 e. The zero-order valence-electron chi connectivity index (χ0n) is 9.77. The van der Waals surface area contributed by atoms with Crippen molar-refractivity contribution in [1.29, 1.82) is 0 Å². The summed E-state index contributed by atoms with van der Waals surface area (Å²) in [5.74, 6) is 0. The molecule has 0 amide bonds. The Hall–Kier alpha value is -0.870. The van der Waals surface area contributed by atoms with Crippen LogP contribution in [-0.4, -0.2) is 27.2 Å². The fourth-order valence-electron chi connectivity index (χ4n) is 2.14. The van der Waals surface area contributed by atoms with E-state index in [1.807, 2.05) is 13.3 Å². The first-order valence-electron chi connectivity index (χ1n) is 5.63. The van der Waals surface area contributed by atoms with Gasteiger partial charge in [0.1, 0.15) is 0 Å². The Morgan fingerprint density at radius 2 is 2.13 bits per heavy atom. The third-order valence-electron chi connectivity index (χ3n) is 3.10. The summed E-state index contributed by atoms with van der Waals surface area (Å²) >= 11 is 0. The molecule has 4 nitrogen and oxygen atoms in total. The van der Waals surface area contributed by atoms with Crippen molar-refractivity contribution in [2.45, 2.75) is 45.9 Å². The summed E-state index contributed by atoms with van der Waals surface area (Å²) in [6, 6.07) is 0.503. The van der Waals surface area contributed by atoms with Gasteiger partial charge in [0, 0.05) is 31.2 Å². The Morgan fingerprint density at radius 3 is 2.73 bits per heavy atom. The van der Waals surface area contributed by atoms with Crippen molar-refractivity contribution >= 4 is 0 Å². The van der Waals surface area contributed by atoms with Gasteiger partial charge in [-0.3, -0.25) is 4.90 Å². The number of hydrogen-bond acceptors (Lipinski definition) is 3. The van der Waals surface area contributed by atoms with Crippen LogP contribution in [0.25, 0.3) is 0 Å². The average molecular weight is 208 g/mol. The highest BCUT2D eigenvalue weighted by Crippen LogP contribution is 2.21. The van der Waals surface area contributed by atoms with E-state index >= 15 is 0 Å². The van der Waals surface area contributed by atoms with Crippen LogP contribution in [0.4, 0.5) is 0 Å². The van der Waals surface area contributed by atoms with Gasteiger partial charge in [0.05, 0.1) is 18.2 Å². The molecule has 0 fully saturated rings. The van der Waals surface area contributed by atoms with Crippen molar-refractivity contribution in [3.8, 4) is 0 Å². The molecule has 1 aliphatic heterocycles. The van der Waals surface area contributed by atoms with Crippen molar-refractivity contribution < 1.29 is 0 Å². The number of nitrogens with zero attached hydrogens (tertiary/aromatic N) is 3. The first kappa shape index (κ1) is 10.6. The van der Waals surface area contributed by atoms with Crippen molar-refractivity contribution in [2.24, 2.45) is 5.73 Å². The fraction of sp³-hybridized carbons (Fsp3) is 0.727. The van der Waals surface area contributed by atoms with Gasteiger partial charge in [-0.15, -0.1) is 0 Å². The molecule has 0 saturated carbocycles. The second kappa shape index (κ2) is 3.94. The molecule has 1 aromatic rings. The molecule has 0 radical (unpaired) electrons. The maximum atomic E-state index is 5.88. The minimum absolute atomic E-state index is 0.127. The van der Waals surface area contributed by atoms with Gasteiger partial charge in [0.25, 0.3) is 0 Å². The summed E-state index contributed by atoms with van der Waals surface area (Å²) in [5.41, 5.74) is 8.47. The number of aromatic nitrogens is 2. The van der Waals surface area contributed by atoms with Crippen LogP contribution in [-0.2, 0) is 13.0 Å². The maximum absolute atomic E-state index is 5.88. The first-order chi connectivity index (χ1) is 7.09. The van der Waals surface area contributed by atoms with Crippen molar-refractivity contribution in [3.05, 3.63) is 17.7 Å². The van der Waals surface area contributed by atoms with E-state index in [0.717, 1.165) is 19.5 Å². The van der Waals surface area contributed by atoms with Gasteiger partial charge < -0.3 is 10.3 Å². The molecule has 2 N–H and O–H groups in total. The smallest absolute Gasteiger partial charge is 0.0954 e. The van der Waals surface area contributed by atoms with Gasteiger partial charge in [-0.2, -0.15) is 0 Å². The first-order valence-corrected chi connectivity index (χ1v) is 5.63. The molecular weight excluding hydrogens is 188 g/mol. The quantitative estimate of drug-likeness (QED) is 0.792. The SMILES string of the molecule is CC(N)N1CCc2c(ncn2C(C)C)C1. The van der Waals surface area contributed by atoms with E-state index in [9.17, 15) is 0 Å². The Morgan fingerprint density at radius 1 is 1.40 bits per heavy atom. The van der Waals surface area contributed by atoms with Crippen LogP contribution in [0.1, 0.15) is 38.2 Å². The third-order valence-corrected chi connectivity index (χ3v) is 3.10. The lowest BCUT2D eigenvalue weighted by Crippen LogP contribution is -2.43. The van der Waals surface area contributed by atoms with Crippen LogP contribution in [0.5, 0.6) is 0 Å². The van der Waals surface area contributed by atoms with Crippen molar-refractivity contribution in [1.82, 2.24) is 14.5 Å². The second-order valence-corrected chi connectivity index (χ2v) is 4.60. The van der Waals surface area contributed by atoms with Crippen LogP contribution in [0, 0.1) is 0 Å². The summed E-state index contributed by atoms with van der Waals surface area (Å²) < 4.78 is 2.27. The number of hydrogen-bond donors (Lipinski definition) is 1. The van der Waals surface area contributed by atoms with Crippen LogP contribution in [0.3, 0.4) is 0 Å². The van der Waals surface area contributed by atoms with Gasteiger partial charge >= 0.3 is 0 Å². The highest BCUT2D eigenvalue weighted by molar-refractivity contribution is 5.17. The Kier molecular flexibility index (Phi) is 2.80.